The van der Waals surface area contributed by atoms with Crippen LogP contribution in [-0.4, -0.2) is 30.1 Å². The molecule has 5 heteroatoms. The molecular formula is C19H27NO4. The van der Waals surface area contributed by atoms with Crippen molar-refractivity contribution in [3.8, 4) is 5.75 Å². The molecule has 1 saturated carbocycles. The van der Waals surface area contributed by atoms with Crippen LogP contribution in [0.3, 0.4) is 0 Å². The van der Waals surface area contributed by atoms with E-state index in [1.54, 1.807) is 7.11 Å². The summed E-state index contributed by atoms with van der Waals surface area (Å²) in [6, 6.07) is 6.70. The lowest BCUT2D eigenvalue weighted by molar-refractivity contribution is -0.143. The number of methoxy groups -OCH3 is 1. The summed E-state index contributed by atoms with van der Waals surface area (Å²) in [5.41, 5.74) is 0.309. The molecule has 0 unspecified atom stereocenters. The van der Waals surface area contributed by atoms with Crippen molar-refractivity contribution in [2.24, 2.45) is 5.92 Å². The standard InChI is InChI=1S/C19H27NO4/c1-13(2)12-16(17(21)22)20-18(23)19(10-4-5-11-19)14-6-8-15(24-3)9-7-14/h6-9,13,16H,4-5,10-12H2,1-3H3,(H,20,23)(H,21,22)/t16-/m1/s1. The van der Waals surface area contributed by atoms with Crippen molar-refractivity contribution in [1.82, 2.24) is 5.32 Å². The number of carbonyl (C=O) groups excluding carboxylic acids is 1. The van der Waals surface area contributed by atoms with E-state index in [4.69, 9.17) is 4.74 Å². The molecule has 0 radical (unpaired) electrons. The largest absolute Gasteiger partial charge is 0.497 e. The molecular weight excluding hydrogens is 306 g/mol. The van der Waals surface area contributed by atoms with E-state index in [0.29, 0.717) is 6.42 Å². The van der Waals surface area contributed by atoms with Gasteiger partial charge in [0, 0.05) is 0 Å². The summed E-state index contributed by atoms with van der Waals surface area (Å²) in [5, 5.41) is 12.2. The third kappa shape index (κ3) is 3.89. The molecule has 1 amide bonds. The molecule has 0 heterocycles. The van der Waals surface area contributed by atoms with Crippen LogP contribution in [0.5, 0.6) is 5.75 Å². The van der Waals surface area contributed by atoms with Gasteiger partial charge in [0.2, 0.25) is 5.91 Å². The number of rotatable bonds is 7. The van der Waals surface area contributed by atoms with Crippen LogP contribution in [0.2, 0.25) is 0 Å². The smallest absolute Gasteiger partial charge is 0.326 e. The predicted molar refractivity (Wildman–Crippen MR) is 92.2 cm³/mol. The summed E-state index contributed by atoms with van der Waals surface area (Å²) in [4.78, 5) is 24.5. The first-order chi connectivity index (χ1) is 11.4. The molecule has 0 spiro atoms. The molecule has 5 nitrogen and oxygen atoms in total. The Morgan fingerprint density at radius 1 is 1.21 bits per heavy atom. The number of hydrogen-bond donors (Lipinski definition) is 2. The first-order valence-electron chi connectivity index (χ1n) is 8.57. The Kier molecular flexibility index (Phi) is 5.86. The van der Waals surface area contributed by atoms with Gasteiger partial charge in [-0.2, -0.15) is 0 Å². The molecule has 1 atom stereocenters. The third-order valence-electron chi connectivity index (χ3n) is 4.84. The lowest BCUT2D eigenvalue weighted by atomic mass is 9.77. The fourth-order valence-corrected chi connectivity index (χ4v) is 3.52. The maximum atomic E-state index is 13.0. The highest BCUT2D eigenvalue weighted by Gasteiger charge is 2.43. The van der Waals surface area contributed by atoms with Gasteiger partial charge in [-0.3, -0.25) is 4.79 Å². The summed E-state index contributed by atoms with van der Waals surface area (Å²) in [7, 11) is 1.61. The Morgan fingerprint density at radius 3 is 2.25 bits per heavy atom. The number of carboxylic acid groups (broad SMARTS) is 1. The van der Waals surface area contributed by atoms with Gasteiger partial charge >= 0.3 is 5.97 Å². The maximum absolute atomic E-state index is 13.0. The molecule has 1 aliphatic carbocycles. The SMILES string of the molecule is COc1ccc(C2(C(=O)N[C@H](CC(C)C)C(=O)O)CCCC2)cc1. The number of hydrogen-bond acceptors (Lipinski definition) is 3. The van der Waals surface area contributed by atoms with Gasteiger partial charge in [-0.1, -0.05) is 38.8 Å². The fourth-order valence-electron chi connectivity index (χ4n) is 3.52. The van der Waals surface area contributed by atoms with Crippen molar-refractivity contribution in [2.45, 2.75) is 57.4 Å². The van der Waals surface area contributed by atoms with Gasteiger partial charge in [0.05, 0.1) is 12.5 Å². The molecule has 2 rings (SSSR count). The van der Waals surface area contributed by atoms with E-state index in [-0.39, 0.29) is 11.8 Å². The number of ether oxygens (including phenoxy) is 1. The summed E-state index contributed by atoms with van der Waals surface area (Å²) in [6.07, 6.45) is 3.88. The number of aliphatic carboxylic acids is 1. The van der Waals surface area contributed by atoms with Crippen molar-refractivity contribution in [1.29, 1.82) is 0 Å². The summed E-state index contributed by atoms with van der Waals surface area (Å²) >= 11 is 0. The van der Waals surface area contributed by atoms with Gasteiger partial charge in [-0.25, -0.2) is 4.79 Å². The van der Waals surface area contributed by atoms with Gasteiger partial charge in [0.15, 0.2) is 0 Å². The molecule has 1 aliphatic rings. The van der Waals surface area contributed by atoms with Crippen molar-refractivity contribution in [2.75, 3.05) is 7.11 Å². The van der Waals surface area contributed by atoms with Crippen LogP contribution in [-0.2, 0) is 15.0 Å². The van der Waals surface area contributed by atoms with Crippen molar-refractivity contribution >= 4 is 11.9 Å². The average molecular weight is 333 g/mol. The van der Waals surface area contributed by atoms with Crippen LogP contribution in [0.25, 0.3) is 0 Å². The van der Waals surface area contributed by atoms with Crippen molar-refractivity contribution in [3.05, 3.63) is 29.8 Å². The number of carboxylic acids is 1. The highest BCUT2D eigenvalue weighted by Crippen LogP contribution is 2.42. The zero-order valence-electron chi connectivity index (χ0n) is 14.7. The van der Waals surface area contributed by atoms with Crippen LogP contribution >= 0.6 is 0 Å². The summed E-state index contributed by atoms with van der Waals surface area (Å²) in [6.45, 7) is 3.91. The number of carbonyl (C=O) groups is 2. The van der Waals surface area contributed by atoms with Crippen LogP contribution in [0.4, 0.5) is 0 Å². The van der Waals surface area contributed by atoms with Crippen LogP contribution in [0.15, 0.2) is 24.3 Å². The topological polar surface area (TPSA) is 75.6 Å². The van der Waals surface area contributed by atoms with Crippen LogP contribution in [0.1, 0.15) is 51.5 Å². The molecule has 24 heavy (non-hydrogen) atoms. The predicted octanol–water partition coefficient (Wildman–Crippen LogP) is 3.12. The molecule has 0 aliphatic heterocycles. The summed E-state index contributed by atoms with van der Waals surface area (Å²) in [5.74, 6) is -0.194. The van der Waals surface area contributed by atoms with Crippen molar-refractivity contribution < 1.29 is 19.4 Å². The molecule has 132 valence electrons. The second-order valence-electron chi connectivity index (χ2n) is 7.01. The Balaban J connectivity index is 2.24. The second kappa shape index (κ2) is 7.69. The van der Waals surface area contributed by atoms with Crippen LogP contribution < -0.4 is 10.1 Å². The van der Waals surface area contributed by atoms with Gasteiger partial charge in [-0.05, 0) is 42.9 Å². The van der Waals surface area contributed by atoms with Crippen molar-refractivity contribution in [3.63, 3.8) is 0 Å². The third-order valence-corrected chi connectivity index (χ3v) is 4.84. The molecule has 0 saturated heterocycles. The van der Waals surface area contributed by atoms with E-state index in [2.05, 4.69) is 5.32 Å². The first kappa shape index (κ1) is 18.3. The fraction of sp³-hybridized carbons (Fsp3) is 0.579. The van der Waals surface area contributed by atoms with E-state index >= 15 is 0 Å². The first-order valence-corrected chi connectivity index (χ1v) is 8.57. The number of benzene rings is 1. The Morgan fingerprint density at radius 2 is 1.79 bits per heavy atom. The quantitative estimate of drug-likeness (QED) is 0.804. The minimum atomic E-state index is -0.972. The maximum Gasteiger partial charge on any atom is 0.326 e. The minimum Gasteiger partial charge on any atom is -0.497 e. The van der Waals surface area contributed by atoms with Gasteiger partial charge in [-0.15, -0.1) is 0 Å². The highest BCUT2D eigenvalue weighted by atomic mass is 16.5. The zero-order chi connectivity index (χ0) is 17.7. The lowest BCUT2D eigenvalue weighted by Gasteiger charge is -2.30. The number of amides is 1. The Hall–Kier alpha value is -2.04. The van der Waals surface area contributed by atoms with Crippen LogP contribution in [0, 0.1) is 5.92 Å². The number of nitrogens with one attached hydrogen (secondary N) is 1. The minimum absolute atomic E-state index is 0.168. The molecule has 0 bridgehead atoms. The van der Waals surface area contributed by atoms with E-state index in [1.807, 2.05) is 38.1 Å². The van der Waals surface area contributed by atoms with E-state index in [9.17, 15) is 14.7 Å². The van der Waals surface area contributed by atoms with E-state index in [1.165, 1.54) is 0 Å². The van der Waals surface area contributed by atoms with Gasteiger partial charge < -0.3 is 15.2 Å². The Bertz CT molecular complexity index is 574. The Labute approximate surface area is 143 Å². The monoisotopic (exact) mass is 333 g/mol. The average Bonchev–Trinajstić information content (AvgIpc) is 3.04. The normalized spacial score (nSPS) is 17.5. The molecule has 1 aromatic rings. The van der Waals surface area contributed by atoms with E-state index in [0.717, 1.165) is 37.0 Å². The van der Waals surface area contributed by atoms with E-state index < -0.39 is 17.4 Å². The molecule has 0 aromatic heterocycles. The van der Waals surface area contributed by atoms with Gasteiger partial charge in [0.1, 0.15) is 11.8 Å². The summed E-state index contributed by atoms with van der Waals surface area (Å²) < 4.78 is 5.19. The highest BCUT2D eigenvalue weighted by molar-refractivity contribution is 5.91. The molecule has 1 fully saturated rings. The lowest BCUT2D eigenvalue weighted by Crippen LogP contribution is -2.50. The van der Waals surface area contributed by atoms with Gasteiger partial charge in [0.25, 0.3) is 0 Å². The zero-order valence-corrected chi connectivity index (χ0v) is 14.7. The second-order valence-corrected chi connectivity index (χ2v) is 7.01. The molecule has 1 aromatic carbocycles. The molecule has 2 N–H and O–H groups in total.